The van der Waals surface area contributed by atoms with Crippen molar-refractivity contribution >= 4 is 44.7 Å². The Morgan fingerprint density at radius 1 is 1.14 bits per heavy atom. The van der Waals surface area contributed by atoms with Crippen LogP contribution in [0.1, 0.15) is 11.1 Å². The summed E-state index contributed by atoms with van der Waals surface area (Å²) in [5, 5.41) is 2.10. The molecule has 146 valence electrons. The molecule has 0 aliphatic carbocycles. The Labute approximate surface area is 174 Å². The van der Waals surface area contributed by atoms with Crippen LogP contribution in [-0.2, 0) is 17.7 Å². The van der Waals surface area contributed by atoms with E-state index in [0.717, 1.165) is 62.1 Å². The third kappa shape index (κ3) is 3.57. The zero-order chi connectivity index (χ0) is 18.9. The van der Waals surface area contributed by atoms with E-state index in [2.05, 4.69) is 45.6 Å². The average Bonchev–Trinajstić information content (AvgIpc) is 3.17. The molecule has 2 aromatic carbocycles. The van der Waals surface area contributed by atoms with Gasteiger partial charge in [-0.25, -0.2) is 0 Å². The summed E-state index contributed by atoms with van der Waals surface area (Å²) in [4.78, 5) is 10.2. The van der Waals surface area contributed by atoms with Crippen LogP contribution in [-0.4, -0.2) is 48.6 Å². The lowest BCUT2D eigenvalue weighted by molar-refractivity contribution is 0.187. The van der Waals surface area contributed by atoms with E-state index < -0.39 is 0 Å². The Balaban J connectivity index is 1.20. The van der Waals surface area contributed by atoms with Crippen molar-refractivity contribution in [1.29, 1.82) is 0 Å². The smallest absolute Gasteiger partial charge is 0.150 e. The highest BCUT2D eigenvalue weighted by Crippen LogP contribution is 2.31. The second-order valence-electron chi connectivity index (χ2n) is 7.38. The first-order chi connectivity index (χ1) is 13.8. The van der Waals surface area contributed by atoms with Gasteiger partial charge in [-0.3, -0.25) is 15.2 Å². The van der Waals surface area contributed by atoms with Crippen LogP contribution >= 0.6 is 23.1 Å². The fourth-order valence-electron chi connectivity index (χ4n) is 4.01. The van der Waals surface area contributed by atoms with Gasteiger partial charge in [-0.05, 0) is 47.3 Å². The second-order valence-corrected chi connectivity index (χ2v) is 8.59. The molecule has 0 unspecified atom stereocenters. The Kier molecular flexibility index (Phi) is 5.11. The molecule has 0 spiro atoms. The first kappa shape index (κ1) is 18.2. The van der Waals surface area contributed by atoms with Crippen LogP contribution in [0.4, 0.5) is 11.5 Å². The molecular weight excluding hydrogens is 392 g/mol. The quantitative estimate of drug-likeness (QED) is 0.692. The minimum Gasteiger partial charge on any atom is -0.353 e. The van der Waals surface area contributed by atoms with E-state index in [1.807, 2.05) is 6.07 Å². The number of hydrogen-bond acceptors (Lipinski definition) is 6. The number of piperazine rings is 1. The predicted octanol–water partition coefficient (Wildman–Crippen LogP) is 4.21. The third-order valence-corrected chi connectivity index (χ3v) is 6.82. The molecule has 1 saturated heterocycles. The molecule has 2 aliphatic rings. The molecular formula is C21H23ClN4OS. The molecule has 0 bridgehead atoms. The van der Waals surface area contributed by atoms with Gasteiger partial charge < -0.3 is 4.90 Å². The van der Waals surface area contributed by atoms with Gasteiger partial charge in [0.1, 0.15) is 5.82 Å². The highest BCUT2D eigenvalue weighted by molar-refractivity contribution is 7.13. The van der Waals surface area contributed by atoms with Crippen molar-refractivity contribution in [3.8, 4) is 0 Å². The zero-order valence-electron chi connectivity index (χ0n) is 15.7. The Morgan fingerprint density at radius 2 is 2.00 bits per heavy atom. The zero-order valence-corrected chi connectivity index (χ0v) is 17.2. The number of anilines is 2. The summed E-state index contributed by atoms with van der Waals surface area (Å²) in [6, 6.07) is 12.7. The van der Waals surface area contributed by atoms with Crippen LogP contribution in [0.25, 0.3) is 10.1 Å². The number of halogens is 1. The minimum atomic E-state index is 0.710. The van der Waals surface area contributed by atoms with Crippen molar-refractivity contribution in [1.82, 2.24) is 9.27 Å². The number of fused-ring (bicyclic) bond motifs is 2. The first-order valence-corrected chi connectivity index (χ1v) is 10.9. The van der Waals surface area contributed by atoms with E-state index in [0.29, 0.717) is 6.61 Å². The number of rotatable bonds is 4. The SMILES string of the molecule is Clc1cc2c(cc1CCN1CCN(c3nsc4ccccc34)CC1)CCON2. The van der Waals surface area contributed by atoms with Gasteiger partial charge in [-0.15, -0.1) is 0 Å². The second kappa shape index (κ2) is 7.87. The van der Waals surface area contributed by atoms with Crippen molar-refractivity contribution in [2.75, 3.05) is 49.7 Å². The molecule has 0 saturated carbocycles. The standard InChI is InChI=1S/C21H23ClN4OS/c22-18-14-19-16(6-12-27-23-19)13-15(18)5-7-25-8-10-26(11-9-25)21-17-3-1-2-4-20(17)28-24-21/h1-4,13-14,23H,5-12H2. The predicted molar refractivity (Wildman–Crippen MR) is 117 cm³/mol. The topological polar surface area (TPSA) is 40.6 Å². The molecule has 0 atom stereocenters. The van der Waals surface area contributed by atoms with Crippen molar-refractivity contribution in [3.63, 3.8) is 0 Å². The summed E-state index contributed by atoms with van der Waals surface area (Å²) in [5.41, 5.74) is 6.50. The monoisotopic (exact) mass is 414 g/mol. The molecule has 7 heteroatoms. The highest BCUT2D eigenvalue weighted by atomic mass is 35.5. The van der Waals surface area contributed by atoms with Crippen molar-refractivity contribution in [2.45, 2.75) is 12.8 Å². The molecule has 3 aromatic rings. The Bertz CT molecular complexity index is 984. The average molecular weight is 415 g/mol. The maximum atomic E-state index is 6.50. The van der Waals surface area contributed by atoms with Crippen LogP contribution in [0.5, 0.6) is 0 Å². The van der Waals surface area contributed by atoms with Crippen LogP contribution in [0.15, 0.2) is 36.4 Å². The van der Waals surface area contributed by atoms with Crippen LogP contribution in [0, 0.1) is 0 Å². The number of nitrogens with one attached hydrogen (secondary N) is 1. The fourth-order valence-corrected chi connectivity index (χ4v) is 5.07. The van der Waals surface area contributed by atoms with E-state index in [4.69, 9.17) is 20.8 Å². The van der Waals surface area contributed by atoms with Gasteiger partial charge in [0.25, 0.3) is 0 Å². The molecule has 3 heterocycles. The normalized spacial score (nSPS) is 17.5. The van der Waals surface area contributed by atoms with Crippen LogP contribution in [0.3, 0.4) is 0 Å². The molecule has 1 N–H and O–H groups in total. The summed E-state index contributed by atoms with van der Waals surface area (Å²) in [6.45, 7) is 5.91. The number of hydrogen-bond donors (Lipinski definition) is 1. The van der Waals surface area contributed by atoms with Crippen LogP contribution in [0.2, 0.25) is 5.02 Å². The molecule has 5 rings (SSSR count). The molecule has 28 heavy (non-hydrogen) atoms. The van der Waals surface area contributed by atoms with Gasteiger partial charge in [0.15, 0.2) is 0 Å². The summed E-state index contributed by atoms with van der Waals surface area (Å²) in [6.07, 6.45) is 1.92. The van der Waals surface area contributed by atoms with Gasteiger partial charge in [0.05, 0.1) is 17.0 Å². The maximum absolute atomic E-state index is 6.50. The molecule has 0 radical (unpaired) electrons. The third-order valence-electron chi connectivity index (χ3n) is 5.66. The summed E-state index contributed by atoms with van der Waals surface area (Å²) in [5.74, 6) is 1.15. The van der Waals surface area contributed by atoms with Gasteiger partial charge in [-0.1, -0.05) is 29.8 Å². The van der Waals surface area contributed by atoms with Gasteiger partial charge in [0.2, 0.25) is 0 Å². The molecule has 5 nitrogen and oxygen atoms in total. The van der Waals surface area contributed by atoms with Gasteiger partial charge >= 0.3 is 0 Å². The van der Waals surface area contributed by atoms with Gasteiger partial charge in [0, 0.05) is 49.6 Å². The lowest BCUT2D eigenvalue weighted by atomic mass is 10.0. The van der Waals surface area contributed by atoms with Crippen LogP contribution < -0.4 is 10.4 Å². The summed E-state index contributed by atoms with van der Waals surface area (Å²) < 4.78 is 5.97. The van der Waals surface area contributed by atoms with E-state index in [-0.39, 0.29) is 0 Å². The van der Waals surface area contributed by atoms with Crippen molar-refractivity contribution in [2.24, 2.45) is 0 Å². The lowest BCUT2D eigenvalue weighted by Crippen LogP contribution is -2.47. The van der Waals surface area contributed by atoms with E-state index >= 15 is 0 Å². The lowest BCUT2D eigenvalue weighted by Gasteiger charge is -2.35. The van der Waals surface area contributed by atoms with E-state index in [1.165, 1.54) is 21.2 Å². The number of benzene rings is 2. The number of aromatic nitrogens is 1. The molecule has 1 aromatic heterocycles. The fraction of sp³-hybridized carbons (Fsp3) is 0.381. The van der Waals surface area contributed by atoms with Crippen molar-refractivity contribution in [3.05, 3.63) is 52.5 Å². The largest absolute Gasteiger partial charge is 0.353 e. The maximum Gasteiger partial charge on any atom is 0.150 e. The van der Waals surface area contributed by atoms with E-state index in [1.54, 1.807) is 11.5 Å². The van der Waals surface area contributed by atoms with Crippen molar-refractivity contribution < 1.29 is 4.84 Å². The Hall–Kier alpha value is -1.86. The van der Waals surface area contributed by atoms with E-state index in [9.17, 15) is 0 Å². The Morgan fingerprint density at radius 3 is 2.89 bits per heavy atom. The first-order valence-electron chi connectivity index (χ1n) is 9.79. The highest BCUT2D eigenvalue weighted by Gasteiger charge is 2.21. The summed E-state index contributed by atoms with van der Waals surface area (Å²) >= 11 is 8.09. The number of nitrogens with zero attached hydrogens (tertiary/aromatic N) is 3. The minimum absolute atomic E-state index is 0.710. The molecule has 1 fully saturated rings. The van der Waals surface area contributed by atoms with Gasteiger partial charge in [-0.2, -0.15) is 4.37 Å². The molecule has 0 amide bonds. The molecule has 2 aliphatic heterocycles. The summed E-state index contributed by atoms with van der Waals surface area (Å²) in [7, 11) is 0.